The summed E-state index contributed by atoms with van der Waals surface area (Å²) in [4.78, 5) is 28.0. The zero-order valence-electron chi connectivity index (χ0n) is 16.0. The predicted molar refractivity (Wildman–Crippen MR) is 110 cm³/mol. The van der Waals surface area contributed by atoms with Gasteiger partial charge >= 0.3 is 5.97 Å². The van der Waals surface area contributed by atoms with Crippen LogP contribution in [0.25, 0.3) is 0 Å². The molecule has 1 aliphatic heterocycles. The highest BCUT2D eigenvalue weighted by atomic mass is 35.5. The number of carbonyl (C=O) groups is 2. The van der Waals surface area contributed by atoms with Crippen molar-refractivity contribution in [3.63, 3.8) is 0 Å². The van der Waals surface area contributed by atoms with E-state index in [4.69, 9.17) is 16.7 Å². The van der Waals surface area contributed by atoms with Gasteiger partial charge in [0.25, 0.3) is 5.91 Å². The van der Waals surface area contributed by atoms with Gasteiger partial charge < -0.3 is 10.0 Å². The number of carboxylic acid groups (broad SMARTS) is 1. The molecule has 3 rings (SSSR count). The first-order valence-electron chi connectivity index (χ1n) is 9.51. The lowest BCUT2D eigenvalue weighted by atomic mass is 9.98. The van der Waals surface area contributed by atoms with Crippen molar-refractivity contribution in [2.45, 2.75) is 25.8 Å². The minimum absolute atomic E-state index is 0.00809. The smallest absolute Gasteiger partial charge is 0.303 e. The molecular formula is C22H25ClN2O3. The molecule has 0 radical (unpaired) electrons. The van der Waals surface area contributed by atoms with Crippen molar-refractivity contribution >= 4 is 23.5 Å². The summed E-state index contributed by atoms with van der Waals surface area (Å²) in [7, 11) is 0. The Morgan fingerprint density at radius 2 is 1.61 bits per heavy atom. The average molecular weight is 401 g/mol. The number of carbonyl (C=O) groups excluding carboxylic acids is 1. The third kappa shape index (κ3) is 5.12. The van der Waals surface area contributed by atoms with Crippen molar-refractivity contribution in [2.75, 3.05) is 26.2 Å². The number of amides is 1. The van der Waals surface area contributed by atoms with Gasteiger partial charge in [0.2, 0.25) is 0 Å². The van der Waals surface area contributed by atoms with Gasteiger partial charge in [-0.25, -0.2) is 0 Å². The Morgan fingerprint density at radius 1 is 1.00 bits per heavy atom. The Kier molecular flexibility index (Phi) is 6.70. The molecule has 1 fully saturated rings. The van der Waals surface area contributed by atoms with Crippen molar-refractivity contribution in [1.82, 2.24) is 9.80 Å². The van der Waals surface area contributed by atoms with E-state index < -0.39 is 5.97 Å². The highest BCUT2D eigenvalue weighted by Crippen LogP contribution is 2.27. The lowest BCUT2D eigenvalue weighted by molar-refractivity contribution is -0.137. The van der Waals surface area contributed by atoms with Crippen LogP contribution < -0.4 is 0 Å². The van der Waals surface area contributed by atoms with Crippen molar-refractivity contribution < 1.29 is 14.7 Å². The first-order chi connectivity index (χ1) is 13.4. The highest BCUT2D eigenvalue weighted by Gasteiger charge is 2.27. The molecule has 1 amide bonds. The fourth-order valence-corrected chi connectivity index (χ4v) is 3.75. The van der Waals surface area contributed by atoms with Gasteiger partial charge in [-0.1, -0.05) is 41.4 Å². The number of benzene rings is 2. The first kappa shape index (κ1) is 20.4. The van der Waals surface area contributed by atoms with E-state index in [2.05, 4.69) is 29.2 Å². The molecule has 148 valence electrons. The number of hydrogen-bond donors (Lipinski definition) is 1. The van der Waals surface area contributed by atoms with Gasteiger partial charge in [-0.15, -0.1) is 0 Å². The Labute approximate surface area is 170 Å². The molecule has 0 aliphatic carbocycles. The molecule has 6 heteroatoms. The van der Waals surface area contributed by atoms with Crippen LogP contribution in [-0.2, 0) is 4.79 Å². The summed E-state index contributed by atoms with van der Waals surface area (Å²) in [5, 5.41) is 9.74. The zero-order valence-corrected chi connectivity index (χ0v) is 16.7. The molecule has 1 heterocycles. The largest absolute Gasteiger partial charge is 0.481 e. The maximum atomic E-state index is 12.7. The summed E-state index contributed by atoms with van der Waals surface area (Å²) in [5.74, 6) is -0.776. The average Bonchev–Trinajstić information content (AvgIpc) is 2.70. The Hall–Kier alpha value is -2.37. The van der Waals surface area contributed by atoms with Crippen LogP contribution in [0.5, 0.6) is 0 Å². The van der Waals surface area contributed by atoms with Crippen LogP contribution in [0.4, 0.5) is 0 Å². The summed E-state index contributed by atoms with van der Waals surface area (Å²) in [5.41, 5.74) is 2.95. The second-order valence-corrected chi connectivity index (χ2v) is 7.63. The maximum absolute atomic E-state index is 12.7. The standard InChI is InChI=1S/C22H25ClN2O3/c1-16-2-4-17(5-3-16)20(10-11-21(26)27)24-12-14-25(15-13-24)22(28)18-6-8-19(23)9-7-18/h2-9,20H,10-15H2,1H3,(H,26,27)/t20-/m0/s1. The van der Waals surface area contributed by atoms with Crippen molar-refractivity contribution in [3.05, 3.63) is 70.2 Å². The van der Waals surface area contributed by atoms with Gasteiger partial charge in [0.15, 0.2) is 0 Å². The molecule has 2 aromatic carbocycles. The maximum Gasteiger partial charge on any atom is 0.303 e. The number of nitrogens with zero attached hydrogens (tertiary/aromatic N) is 2. The number of halogens is 1. The van der Waals surface area contributed by atoms with Crippen LogP contribution in [0.2, 0.25) is 5.02 Å². The van der Waals surface area contributed by atoms with Crippen molar-refractivity contribution in [2.24, 2.45) is 0 Å². The molecule has 1 N–H and O–H groups in total. The summed E-state index contributed by atoms with van der Waals surface area (Å²) in [6.45, 7) is 4.72. The molecule has 0 spiro atoms. The summed E-state index contributed by atoms with van der Waals surface area (Å²) in [6.07, 6.45) is 0.686. The van der Waals surface area contributed by atoms with Gasteiger partial charge in [0.05, 0.1) is 0 Å². The number of rotatable bonds is 6. The van der Waals surface area contributed by atoms with Crippen LogP contribution in [0.3, 0.4) is 0 Å². The molecule has 0 unspecified atom stereocenters. The monoisotopic (exact) mass is 400 g/mol. The van der Waals surface area contributed by atoms with Crippen molar-refractivity contribution in [1.29, 1.82) is 0 Å². The Morgan fingerprint density at radius 3 is 2.18 bits per heavy atom. The van der Waals surface area contributed by atoms with Gasteiger partial charge in [0.1, 0.15) is 0 Å². The van der Waals surface area contributed by atoms with E-state index in [9.17, 15) is 9.59 Å². The van der Waals surface area contributed by atoms with E-state index in [1.54, 1.807) is 24.3 Å². The molecule has 1 saturated heterocycles. The fraction of sp³-hybridized carbons (Fsp3) is 0.364. The summed E-state index contributed by atoms with van der Waals surface area (Å²) < 4.78 is 0. The summed E-state index contributed by atoms with van der Waals surface area (Å²) in [6, 6.07) is 15.3. The molecule has 0 aromatic heterocycles. The van der Waals surface area contributed by atoms with E-state index in [1.807, 2.05) is 11.8 Å². The number of aryl methyl sites for hydroxylation is 1. The second-order valence-electron chi connectivity index (χ2n) is 7.19. The summed E-state index contributed by atoms with van der Waals surface area (Å²) >= 11 is 5.90. The third-order valence-electron chi connectivity index (χ3n) is 5.23. The normalized spacial score (nSPS) is 16.0. The van der Waals surface area contributed by atoms with E-state index in [-0.39, 0.29) is 18.4 Å². The topological polar surface area (TPSA) is 60.9 Å². The highest BCUT2D eigenvalue weighted by molar-refractivity contribution is 6.30. The van der Waals surface area contributed by atoms with Crippen LogP contribution in [0, 0.1) is 6.92 Å². The Balaban J connectivity index is 1.67. The number of piperazine rings is 1. The van der Waals surface area contributed by atoms with E-state index >= 15 is 0 Å². The predicted octanol–water partition coefficient (Wildman–Crippen LogP) is 4.01. The zero-order chi connectivity index (χ0) is 20.1. The van der Waals surface area contributed by atoms with Gasteiger partial charge in [-0.2, -0.15) is 0 Å². The minimum Gasteiger partial charge on any atom is -0.481 e. The van der Waals surface area contributed by atoms with Gasteiger partial charge in [-0.05, 0) is 43.2 Å². The minimum atomic E-state index is -0.784. The lowest BCUT2D eigenvalue weighted by Gasteiger charge is -2.39. The molecule has 1 aliphatic rings. The van der Waals surface area contributed by atoms with Crippen LogP contribution >= 0.6 is 11.6 Å². The van der Waals surface area contributed by atoms with Gasteiger partial charge in [0, 0.05) is 49.2 Å². The van der Waals surface area contributed by atoms with Crippen LogP contribution in [0.15, 0.2) is 48.5 Å². The first-order valence-corrected chi connectivity index (χ1v) is 9.89. The second kappa shape index (κ2) is 9.22. The molecule has 5 nitrogen and oxygen atoms in total. The Bertz CT molecular complexity index is 813. The van der Waals surface area contributed by atoms with Crippen LogP contribution in [0.1, 0.15) is 40.4 Å². The number of aliphatic carboxylic acids is 1. The lowest BCUT2D eigenvalue weighted by Crippen LogP contribution is -2.49. The van der Waals surface area contributed by atoms with E-state index in [1.165, 1.54) is 5.56 Å². The number of hydrogen-bond acceptors (Lipinski definition) is 3. The van der Waals surface area contributed by atoms with Crippen molar-refractivity contribution in [3.8, 4) is 0 Å². The molecule has 0 bridgehead atoms. The third-order valence-corrected chi connectivity index (χ3v) is 5.48. The molecule has 28 heavy (non-hydrogen) atoms. The molecule has 0 saturated carbocycles. The van der Waals surface area contributed by atoms with Crippen LogP contribution in [-0.4, -0.2) is 53.0 Å². The van der Waals surface area contributed by atoms with E-state index in [0.29, 0.717) is 30.1 Å². The fourth-order valence-electron chi connectivity index (χ4n) is 3.62. The molecular weight excluding hydrogens is 376 g/mol. The van der Waals surface area contributed by atoms with Gasteiger partial charge in [-0.3, -0.25) is 14.5 Å². The number of carboxylic acids is 1. The molecule has 2 aromatic rings. The van der Waals surface area contributed by atoms with E-state index in [0.717, 1.165) is 18.7 Å². The quantitative estimate of drug-likeness (QED) is 0.795. The molecule has 1 atom stereocenters. The SMILES string of the molecule is Cc1ccc([C@H](CCC(=O)O)N2CCN(C(=O)c3ccc(Cl)cc3)CC2)cc1.